The van der Waals surface area contributed by atoms with Gasteiger partial charge < -0.3 is 9.55 Å². The van der Waals surface area contributed by atoms with Crippen molar-refractivity contribution in [2.45, 2.75) is 40.4 Å². The summed E-state index contributed by atoms with van der Waals surface area (Å²) in [5, 5.41) is 0. The van der Waals surface area contributed by atoms with Gasteiger partial charge in [0.15, 0.2) is 9.84 Å². The summed E-state index contributed by atoms with van der Waals surface area (Å²) >= 11 is 0. The lowest BCUT2D eigenvalue weighted by atomic mass is 10.2. The Morgan fingerprint density at radius 2 is 1.24 bits per heavy atom. The van der Waals surface area contributed by atoms with Gasteiger partial charge in [0.1, 0.15) is 5.79 Å². The van der Waals surface area contributed by atoms with Crippen LogP contribution in [0.25, 0.3) is 0 Å². The van der Waals surface area contributed by atoms with Gasteiger partial charge in [-0.05, 0) is 47.2 Å². The first-order valence-electron chi connectivity index (χ1n) is 6.85. The summed E-state index contributed by atoms with van der Waals surface area (Å²) in [5.41, 5.74) is 0. The summed E-state index contributed by atoms with van der Waals surface area (Å²) in [6, 6.07) is 0. The third-order valence-corrected chi connectivity index (χ3v) is 4.95. The average molecular weight is 261 g/mol. The standard InChI is InChI=1S/C12H32N4Si/c1-8-15(9-2)12(5,13-17-14(6)7)16(10-3)11-4/h13H,8-11,17H2,1-7H3. The molecule has 5 heteroatoms. The van der Waals surface area contributed by atoms with Crippen LogP contribution in [0.3, 0.4) is 0 Å². The number of nitrogens with one attached hydrogen (secondary N) is 1. The molecule has 0 saturated carbocycles. The molecule has 0 aromatic heterocycles. The fraction of sp³-hybridized carbons (Fsp3) is 1.00. The Balaban J connectivity index is 4.89. The molecule has 1 N–H and O–H groups in total. The Morgan fingerprint density at radius 1 is 0.882 bits per heavy atom. The molecule has 17 heavy (non-hydrogen) atoms. The Kier molecular flexibility index (Phi) is 8.24. The summed E-state index contributed by atoms with van der Waals surface area (Å²) in [4.78, 5) is 8.84. The van der Waals surface area contributed by atoms with Gasteiger partial charge in [-0.25, -0.2) is 0 Å². The molecule has 0 fully saturated rings. The van der Waals surface area contributed by atoms with E-state index < -0.39 is 0 Å². The Morgan fingerprint density at radius 3 is 1.47 bits per heavy atom. The van der Waals surface area contributed by atoms with Crippen molar-refractivity contribution in [2.75, 3.05) is 40.3 Å². The fourth-order valence-corrected chi connectivity index (χ4v) is 3.47. The van der Waals surface area contributed by atoms with E-state index in [0.717, 1.165) is 26.2 Å². The van der Waals surface area contributed by atoms with Crippen LogP contribution in [0.2, 0.25) is 0 Å². The SMILES string of the molecule is CCN(CC)C(C)(N[SiH2]N(C)C)N(CC)CC. The Labute approximate surface area is 110 Å². The van der Waals surface area contributed by atoms with Gasteiger partial charge in [-0.3, -0.25) is 9.80 Å². The van der Waals surface area contributed by atoms with E-state index in [1.165, 1.54) is 0 Å². The van der Waals surface area contributed by atoms with Gasteiger partial charge in [-0.15, -0.1) is 0 Å². The van der Waals surface area contributed by atoms with Gasteiger partial charge in [0.05, 0.1) is 0 Å². The molecule has 0 aliphatic carbocycles. The van der Waals surface area contributed by atoms with Gasteiger partial charge in [0, 0.05) is 0 Å². The van der Waals surface area contributed by atoms with Gasteiger partial charge in [-0.1, -0.05) is 27.7 Å². The molecule has 0 rings (SSSR count). The molecule has 0 aromatic rings. The Hall–Kier alpha value is 0.0569. The van der Waals surface area contributed by atoms with Crippen LogP contribution in [0.1, 0.15) is 34.6 Å². The highest BCUT2D eigenvalue weighted by molar-refractivity contribution is 6.28. The third kappa shape index (κ3) is 4.67. The topological polar surface area (TPSA) is 21.8 Å². The second-order valence-corrected chi connectivity index (χ2v) is 6.71. The maximum absolute atomic E-state index is 3.82. The van der Waals surface area contributed by atoms with E-state index in [9.17, 15) is 0 Å². The van der Waals surface area contributed by atoms with Crippen LogP contribution in [-0.2, 0) is 0 Å². The highest BCUT2D eigenvalue weighted by atomic mass is 28.2. The molecule has 0 aromatic carbocycles. The fourth-order valence-electron chi connectivity index (χ4n) is 2.41. The van der Waals surface area contributed by atoms with Crippen molar-refractivity contribution in [1.82, 2.24) is 19.3 Å². The van der Waals surface area contributed by atoms with Crippen LogP contribution in [-0.4, -0.2) is 70.3 Å². The molecule has 0 heterocycles. The number of hydrogen-bond donors (Lipinski definition) is 1. The minimum absolute atomic E-state index is 0.00346. The van der Waals surface area contributed by atoms with E-state index in [1.807, 2.05) is 0 Å². The maximum Gasteiger partial charge on any atom is 0.172 e. The second kappa shape index (κ2) is 8.21. The van der Waals surface area contributed by atoms with Crippen LogP contribution in [0, 0.1) is 0 Å². The minimum atomic E-state index is -0.381. The molecule has 0 bridgehead atoms. The number of nitrogens with zero attached hydrogens (tertiary/aromatic N) is 3. The highest BCUT2D eigenvalue weighted by Crippen LogP contribution is 2.16. The quantitative estimate of drug-likeness (QED) is 0.481. The summed E-state index contributed by atoms with van der Waals surface area (Å²) in [6.07, 6.45) is 0. The molecule has 0 radical (unpaired) electrons. The lowest BCUT2D eigenvalue weighted by Gasteiger charge is -2.49. The van der Waals surface area contributed by atoms with Crippen LogP contribution >= 0.6 is 0 Å². The number of rotatable bonds is 9. The van der Waals surface area contributed by atoms with E-state index in [-0.39, 0.29) is 15.6 Å². The summed E-state index contributed by atoms with van der Waals surface area (Å²) in [6.45, 7) is 15.6. The first kappa shape index (κ1) is 17.1. The molecule has 0 aliphatic heterocycles. The number of hydrogen-bond acceptors (Lipinski definition) is 4. The van der Waals surface area contributed by atoms with Crippen molar-refractivity contribution in [3.8, 4) is 0 Å². The van der Waals surface area contributed by atoms with E-state index in [1.54, 1.807) is 0 Å². The average Bonchev–Trinajstić information content (AvgIpc) is 2.29. The molecule has 0 aliphatic rings. The summed E-state index contributed by atoms with van der Waals surface area (Å²) < 4.78 is 2.31. The van der Waals surface area contributed by atoms with E-state index >= 15 is 0 Å². The Bertz CT molecular complexity index is 179. The molecular formula is C12H32N4Si. The van der Waals surface area contributed by atoms with Gasteiger partial charge in [-0.2, -0.15) is 0 Å². The molecular weight excluding hydrogens is 228 g/mol. The summed E-state index contributed by atoms with van der Waals surface area (Å²) in [5.74, 6) is 0.00346. The molecule has 104 valence electrons. The monoisotopic (exact) mass is 260 g/mol. The van der Waals surface area contributed by atoms with Gasteiger partial charge in [0.2, 0.25) is 0 Å². The third-order valence-electron chi connectivity index (χ3n) is 3.49. The molecule has 0 atom stereocenters. The van der Waals surface area contributed by atoms with Crippen molar-refractivity contribution in [3.05, 3.63) is 0 Å². The van der Waals surface area contributed by atoms with Crippen molar-refractivity contribution in [2.24, 2.45) is 0 Å². The van der Waals surface area contributed by atoms with Crippen LogP contribution < -0.4 is 4.98 Å². The van der Waals surface area contributed by atoms with Crippen molar-refractivity contribution >= 4 is 9.84 Å². The second-order valence-electron chi connectivity index (χ2n) is 4.78. The predicted octanol–water partition coefficient (Wildman–Crippen LogP) is 0.494. The maximum atomic E-state index is 3.82. The molecule has 0 unspecified atom stereocenters. The van der Waals surface area contributed by atoms with Crippen LogP contribution in [0.15, 0.2) is 0 Å². The van der Waals surface area contributed by atoms with Crippen molar-refractivity contribution in [3.63, 3.8) is 0 Å². The predicted molar refractivity (Wildman–Crippen MR) is 79.6 cm³/mol. The van der Waals surface area contributed by atoms with E-state index in [0.29, 0.717) is 0 Å². The minimum Gasteiger partial charge on any atom is -0.322 e. The molecule has 0 spiro atoms. The smallest absolute Gasteiger partial charge is 0.172 e. The molecule has 0 amide bonds. The zero-order chi connectivity index (χ0) is 13.5. The molecule has 0 saturated heterocycles. The zero-order valence-electron chi connectivity index (χ0n) is 12.9. The van der Waals surface area contributed by atoms with E-state index in [4.69, 9.17) is 0 Å². The lowest BCUT2D eigenvalue weighted by Crippen LogP contribution is -2.68. The van der Waals surface area contributed by atoms with Crippen LogP contribution in [0.4, 0.5) is 0 Å². The molecule has 4 nitrogen and oxygen atoms in total. The van der Waals surface area contributed by atoms with Crippen molar-refractivity contribution in [1.29, 1.82) is 0 Å². The van der Waals surface area contributed by atoms with Gasteiger partial charge in [0.25, 0.3) is 0 Å². The first-order valence-corrected chi connectivity index (χ1v) is 8.19. The van der Waals surface area contributed by atoms with Crippen LogP contribution in [0.5, 0.6) is 0 Å². The summed E-state index contributed by atoms with van der Waals surface area (Å²) in [7, 11) is 3.93. The van der Waals surface area contributed by atoms with Crippen molar-refractivity contribution < 1.29 is 0 Å². The lowest BCUT2D eigenvalue weighted by molar-refractivity contribution is -0.0467. The highest BCUT2D eigenvalue weighted by Gasteiger charge is 2.34. The normalized spacial score (nSPS) is 13.8. The van der Waals surface area contributed by atoms with Gasteiger partial charge >= 0.3 is 0 Å². The first-order chi connectivity index (χ1) is 7.96. The zero-order valence-corrected chi connectivity index (χ0v) is 14.3. The van der Waals surface area contributed by atoms with E-state index in [2.05, 4.69) is 68.1 Å². The largest absolute Gasteiger partial charge is 0.322 e.